The van der Waals surface area contributed by atoms with Gasteiger partial charge in [0.25, 0.3) is 0 Å². The smallest absolute Gasteiger partial charge is 0.226 e. The molecule has 0 aliphatic heterocycles. The fourth-order valence-corrected chi connectivity index (χ4v) is 1.99. The number of rotatable bonds is 5. The van der Waals surface area contributed by atoms with E-state index in [1.165, 1.54) is 0 Å². The van der Waals surface area contributed by atoms with Crippen molar-refractivity contribution in [2.24, 2.45) is 5.73 Å². The van der Waals surface area contributed by atoms with Gasteiger partial charge >= 0.3 is 0 Å². The molecule has 0 saturated heterocycles. The van der Waals surface area contributed by atoms with Crippen molar-refractivity contribution in [3.05, 3.63) is 11.8 Å². The van der Waals surface area contributed by atoms with Crippen LogP contribution in [0.2, 0.25) is 0 Å². The topological polar surface area (TPSA) is 64.9 Å². The Kier molecular flexibility index (Phi) is 4.80. The molecular weight excluding hydrogens is 222 g/mol. The molecule has 0 saturated carbocycles. The van der Waals surface area contributed by atoms with Crippen LogP contribution in [0.4, 0.5) is 0 Å². The Morgan fingerprint density at radius 1 is 1.38 bits per heavy atom. The van der Waals surface area contributed by atoms with Gasteiger partial charge < -0.3 is 10.2 Å². The number of aromatic nitrogens is 2. The van der Waals surface area contributed by atoms with Gasteiger partial charge in [-0.3, -0.25) is 0 Å². The number of thioether (sulfide) groups is 1. The number of nitrogens with zero attached hydrogens (tertiary/aromatic N) is 2. The summed E-state index contributed by atoms with van der Waals surface area (Å²) in [6.45, 7) is 9.08. The van der Waals surface area contributed by atoms with Crippen molar-refractivity contribution in [2.45, 2.75) is 50.5 Å². The van der Waals surface area contributed by atoms with Gasteiger partial charge in [0.05, 0.1) is 5.75 Å². The minimum atomic E-state index is -0.0706. The van der Waals surface area contributed by atoms with Crippen LogP contribution in [0.25, 0.3) is 0 Å². The van der Waals surface area contributed by atoms with Crippen LogP contribution in [0.5, 0.6) is 0 Å². The molecule has 92 valence electrons. The predicted molar refractivity (Wildman–Crippen MR) is 67.4 cm³/mol. The van der Waals surface area contributed by atoms with Gasteiger partial charge in [0.1, 0.15) is 0 Å². The first kappa shape index (κ1) is 13.5. The number of hydrogen-bond acceptors (Lipinski definition) is 5. The molecule has 2 N–H and O–H groups in total. The van der Waals surface area contributed by atoms with Crippen LogP contribution in [-0.4, -0.2) is 22.0 Å². The highest BCUT2D eigenvalue weighted by molar-refractivity contribution is 7.99. The second-order valence-corrected chi connectivity index (χ2v) is 6.38. The van der Waals surface area contributed by atoms with Gasteiger partial charge in [-0.1, -0.05) is 27.7 Å². The van der Waals surface area contributed by atoms with Crippen LogP contribution in [0.15, 0.2) is 4.42 Å². The Balaban J connectivity index is 2.47. The van der Waals surface area contributed by atoms with Crippen LogP contribution in [0.1, 0.15) is 45.9 Å². The molecule has 0 aromatic carbocycles. The molecule has 1 rings (SSSR count). The molecule has 1 heterocycles. The quantitative estimate of drug-likeness (QED) is 0.860. The maximum atomic E-state index is 5.60. The summed E-state index contributed by atoms with van der Waals surface area (Å²) >= 11 is 1.80. The first-order valence-corrected chi connectivity index (χ1v) is 6.63. The molecule has 0 aliphatic rings. The van der Waals surface area contributed by atoms with Crippen LogP contribution in [0.3, 0.4) is 0 Å². The van der Waals surface area contributed by atoms with E-state index in [2.05, 4.69) is 37.9 Å². The molecule has 0 amide bonds. The van der Waals surface area contributed by atoms with Crippen molar-refractivity contribution in [1.29, 1.82) is 0 Å². The Bertz CT molecular complexity index is 319. The molecule has 0 radical (unpaired) electrons. The van der Waals surface area contributed by atoms with E-state index in [0.29, 0.717) is 17.0 Å². The standard InChI is InChI=1S/C11H21N3OS/c1-8(5-6-12)16-7-9-13-14-10(15-9)11(2,3)4/h8H,5-7,12H2,1-4H3. The summed E-state index contributed by atoms with van der Waals surface area (Å²) in [5.41, 5.74) is 5.42. The highest BCUT2D eigenvalue weighted by Gasteiger charge is 2.21. The average Bonchev–Trinajstić information content (AvgIpc) is 2.63. The zero-order chi connectivity index (χ0) is 12.2. The lowest BCUT2D eigenvalue weighted by Crippen LogP contribution is -2.11. The van der Waals surface area contributed by atoms with Crippen LogP contribution >= 0.6 is 11.8 Å². The second-order valence-electron chi connectivity index (χ2n) is 4.95. The molecule has 1 aromatic heterocycles. The third-order valence-electron chi connectivity index (χ3n) is 2.17. The molecule has 0 bridgehead atoms. The molecule has 0 fully saturated rings. The van der Waals surface area contributed by atoms with Crippen molar-refractivity contribution < 1.29 is 4.42 Å². The van der Waals surface area contributed by atoms with Gasteiger partial charge in [-0.15, -0.1) is 22.0 Å². The van der Waals surface area contributed by atoms with Crippen LogP contribution in [0, 0.1) is 0 Å². The van der Waals surface area contributed by atoms with E-state index in [-0.39, 0.29) is 5.41 Å². The van der Waals surface area contributed by atoms with Crippen molar-refractivity contribution in [3.8, 4) is 0 Å². The lowest BCUT2D eigenvalue weighted by molar-refractivity contribution is 0.378. The minimum absolute atomic E-state index is 0.0706. The van der Waals surface area contributed by atoms with Crippen molar-refractivity contribution in [1.82, 2.24) is 10.2 Å². The Morgan fingerprint density at radius 3 is 2.56 bits per heavy atom. The molecule has 16 heavy (non-hydrogen) atoms. The molecule has 5 heteroatoms. The van der Waals surface area contributed by atoms with Gasteiger partial charge in [-0.25, -0.2) is 0 Å². The van der Waals surface area contributed by atoms with Crippen molar-refractivity contribution in [2.75, 3.05) is 6.54 Å². The van der Waals surface area contributed by atoms with Gasteiger partial charge in [0, 0.05) is 10.7 Å². The van der Waals surface area contributed by atoms with Crippen LogP contribution < -0.4 is 5.73 Å². The molecule has 0 aliphatic carbocycles. The number of nitrogens with two attached hydrogens (primary N) is 1. The lowest BCUT2D eigenvalue weighted by atomic mass is 9.97. The van der Waals surface area contributed by atoms with E-state index in [4.69, 9.17) is 10.2 Å². The Morgan fingerprint density at radius 2 is 2.06 bits per heavy atom. The summed E-state index contributed by atoms with van der Waals surface area (Å²) in [6.07, 6.45) is 1.02. The van der Waals surface area contributed by atoms with E-state index in [9.17, 15) is 0 Å². The summed E-state index contributed by atoms with van der Waals surface area (Å²) in [7, 11) is 0. The highest BCUT2D eigenvalue weighted by atomic mass is 32.2. The summed E-state index contributed by atoms with van der Waals surface area (Å²) in [4.78, 5) is 0. The lowest BCUT2D eigenvalue weighted by Gasteiger charge is -2.11. The molecule has 1 aromatic rings. The monoisotopic (exact) mass is 243 g/mol. The maximum absolute atomic E-state index is 5.60. The molecule has 4 nitrogen and oxygen atoms in total. The van der Waals surface area contributed by atoms with E-state index < -0.39 is 0 Å². The Hall–Kier alpha value is -0.550. The van der Waals surface area contributed by atoms with E-state index in [1.54, 1.807) is 11.8 Å². The highest BCUT2D eigenvalue weighted by Crippen LogP contribution is 2.23. The molecule has 1 atom stereocenters. The average molecular weight is 243 g/mol. The van der Waals surface area contributed by atoms with Crippen LogP contribution in [-0.2, 0) is 11.2 Å². The van der Waals surface area contributed by atoms with Crippen molar-refractivity contribution in [3.63, 3.8) is 0 Å². The fourth-order valence-electron chi connectivity index (χ4n) is 1.15. The first-order chi connectivity index (χ1) is 7.43. The van der Waals surface area contributed by atoms with Gasteiger partial charge in [-0.05, 0) is 13.0 Å². The normalized spacial score (nSPS) is 14.1. The first-order valence-electron chi connectivity index (χ1n) is 5.58. The zero-order valence-electron chi connectivity index (χ0n) is 10.5. The van der Waals surface area contributed by atoms with E-state index in [0.717, 1.165) is 18.7 Å². The van der Waals surface area contributed by atoms with Gasteiger partial charge in [0.15, 0.2) is 0 Å². The SMILES string of the molecule is CC(CCN)SCc1nnc(C(C)(C)C)o1. The zero-order valence-corrected chi connectivity index (χ0v) is 11.3. The number of hydrogen-bond donors (Lipinski definition) is 1. The minimum Gasteiger partial charge on any atom is -0.424 e. The maximum Gasteiger partial charge on any atom is 0.226 e. The van der Waals surface area contributed by atoms with E-state index in [1.807, 2.05) is 0 Å². The fraction of sp³-hybridized carbons (Fsp3) is 0.818. The van der Waals surface area contributed by atoms with Crippen molar-refractivity contribution >= 4 is 11.8 Å². The second kappa shape index (κ2) is 5.68. The third kappa shape index (κ3) is 4.14. The summed E-state index contributed by atoms with van der Waals surface area (Å²) in [5.74, 6) is 2.18. The van der Waals surface area contributed by atoms with Gasteiger partial charge in [0.2, 0.25) is 11.8 Å². The molecule has 1 unspecified atom stereocenters. The molecular formula is C11H21N3OS. The molecule has 0 spiro atoms. The third-order valence-corrected chi connectivity index (χ3v) is 3.39. The van der Waals surface area contributed by atoms with E-state index >= 15 is 0 Å². The van der Waals surface area contributed by atoms with Gasteiger partial charge in [-0.2, -0.15) is 0 Å². The summed E-state index contributed by atoms with van der Waals surface area (Å²) in [5, 5.41) is 8.64. The summed E-state index contributed by atoms with van der Waals surface area (Å²) < 4.78 is 5.60. The predicted octanol–water partition coefficient (Wildman–Crippen LogP) is 2.34. The largest absolute Gasteiger partial charge is 0.424 e. The Labute approximate surface area is 101 Å². The summed E-state index contributed by atoms with van der Waals surface area (Å²) in [6, 6.07) is 0.